The lowest BCUT2D eigenvalue weighted by Gasteiger charge is -2.42. The van der Waals surface area contributed by atoms with E-state index < -0.39 is 28.7 Å². The highest BCUT2D eigenvalue weighted by Crippen LogP contribution is 2.69. The molecule has 1 aromatic rings. The molecule has 2 bridgehead atoms. The van der Waals surface area contributed by atoms with E-state index in [1.54, 1.807) is 57.9 Å². The van der Waals surface area contributed by atoms with Crippen molar-refractivity contribution in [1.29, 1.82) is 0 Å². The summed E-state index contributed by atoms with van der Waals surface area (Å²) < 4.78 is 4.54. The summed E-state index contributed by atoms with van der Waals surface area (Å²) in [6.45, 7) is 14.8. The number of thioether (sulfide) groups is 1. The van der Waals surface area contributed by atoms with Crippen molar-refractivity contribution in [2.75, 3.05) is 38.3 Å². The zero-order valence-electron chi connectivity index (χ0n) is 24.1. The van der Waals surface area contributed by atoms with Gasteiger partial charge in [0.15, 0.2) is 0 Å². The fraction of sp³-hybridized carbons (Fsp3) is 0.581. The molecule has 218 valence electrons. The van der Waals surface area contributed by atoms with Crippen LogP contribution in [-0.4, -0.2) is 88.1 Å². The van der Waals surface area contributed by atoms with Gasteiger partial charge in [0.1, 0.15) is 11.8 Å². The molecule has 1 N–H and O–H groups in total. The number of aliphatic hydroxyl groups is 1. The molecular formula is C31H43N3O5S. The van der Waals surface area contributed by atoms with Gasteiger partial charge in [0.05, 0.1) is 36.3 Å². The monoisotopic (exact) mass is 569 g/mol. The highest BCUT2D eigenvalue weighted by Gasteiger charge is 2.77. The van der Waals surface area contributed by atoms with Crippen LogP contribution in [0.3, 0.4) is 0 Å². The predicted molar refractivity (Wildman–Crippen MR) is 159 cm³/mol. The zero-order valence-corrected chi connectivity index (χ0v) is 24.9. The van der Waals surface area contributed by atoms with Gasteiger partial charge in [-0.1, -0.05) is 32.9 Å². The van der Waals surface area contributed by atoms with Crippen LogP contribution in [0.1, 0.15) is 40.0 Å². The van der Waals surface area contributed by atoms with Crippen molar-refractivity contribution in [2.24, 2.45) is 17.8 Å². The summed E-state index contributed by atoms with van der Waals surface area (Å²) in [5.74, 6) is -0.858. The molecule has 3 saturated heterocycles. The number of amides is 3. The lowest BCUT2D eigenvalue weighted by Crippen LogP contribution is -2.59. The van der Waals surface area contributed by atoms with Crippen LogP contribution in [0.25, 0.3) is 0 Å². The molecule has 1 spiro atoms. The highest BCUT2D eigenvalue weighted by molar-refractivity contribution is 8.02. The Morgan fingerprint density at radius 1 is 1.20 bits per heavy atom. The zero-order chi connectivity index (χ0) is 29.2. The molecule has 9 heteroatoms. The van der Waals surface area contributed by atoms with Crippen LogP contribution < -0.4 is 9.64 Å². The van der Waals surface area contributed by atoms with Crippen molar-refractivity contribution in [3.05, 3.63) is 49.6 Å². The summed E-state index contributed by atoms with van der Waals surface area (Å²) in [5, 5.41) is 10.3. The first-order valence-corrected chi connectivity index (χ1v) is 15.2. The number of nitrogens with zero attached hydrogens (tertiary/aromatic N) is 3. The Balaban J connectivity index is 1.83. The summed E-state index contributed by atoms with van der Waals surface area (Å²) in [6.07, 6.45) is 5.46. The lowest BCUT2D eigenvalue weighted by molar-refractivity contribution is -0.145. The maximum absolute atomic E-state index is 14.7. The van der Waals surface area contributed by atoms with Gasteiger partial charge < -0.3 is 24.5 Å². The second-order valence-electron chi connectivity index (χ2n) is 11.1. The predicted octanol–water partition coefficient (Wildman–Crippen LogP) is 3.75. The average Bonchev–Trinajstić information content (AvgIpc) is 3.55. The summed E-state index contributed by atoms with van der Waals surface area (Å²) in [6, 6.07) is 5.92. The fourth-order valence-corrected chi connectivity index (χ4v) is 9.51. The number of fused-ring (bicyclic) bond motifs is 1. The molecule has 8 nitrogen and oxygen atoms in total. The van der Waals surface area contributed by atoms with Gasteiger partial charge in [-0.25, -0.2) is 0 Å². The number of anilines is 1. The molecule has 3 fully saturated rings. The van der Waals surface area contributed by atoms with Crippen LogP contribution in [0.5, 0.6) is 5.75 Å². The molecule has 4 rings (SSSR count). The van der Waals surface area contributed by atoms with Crippen molar-refractivity contribution in [3.63, 3.8) is 0 Å². The van der Waals surface area contributed by atoms with E-state index >= 15 is 0 Å². The molecular weight excluding hydrogens is 526 g/mol. The molecule has 0 aliphatic carbocycles. The number of methoxy groups -OCH3 is 1. The lowest BCUT2D eigenvalue weighted by atomic mass is 9.65. The first kappa shape index (κ1) is 30.2. The van der Waals surface area contributed by atoms with Gasteiger partial charge in [-0.05, 0) is 49.4 Å². The van der Waals surface area contributed by atoms with Crippen LogP contribution in [0.15, 0.2) is 49.6 Å². The summed E-state index contributed by atoms with van der Waals surface area (Å²) in [4.78, 5) is 48.3. The third-order valence-electron chi connectivity index (χ3n) is 8.89. The van der Waals surface area contributed by atoms with Crippen molar-refractivity contribution in [3.8, 4) is 5.75 Å². The van der Waals surface area contributed by atoms with E-state index in [1.807, 2.05) is 26.0 Å². The van der Waals surface area contributed by atoms with E-state index in [4.69, 9.17) is 4.74 Å². The van der Waals surface area contributed by atoms with E-state index in [-0.39, 0.29) is 42.0 Å². The normalized spacial score (nSPS) is 29.2. The van der Waals surface area contributed by atoms with E-state index in [9.17, 15) is 19.5 Å². The van der Waals surface area contributed by atoms with Crippen LogP contribution in [0.4, 0.5) is 5.69 Å². The van der Waals surface area contributed by atoms with Crippen molar-refractivity contribution < 1.29 is 24.2 Å². The van der Waals surface area contributed by atoms with Gasteiger partial charge >= 0.3 is 0 Å². The smallest absolute Gasteiger partial charge is 0.251 e. The Hall–Kier alpha value is -2.78. The maximum atomic E-state index is 14.7. The number of hydrogen-bond donors (Lipinski definition) is 1. The molecule has 3 amide bonds. The minimum Gasteiger partial charge on any atom is -0.497 e. The van der Waals surface area contributed by atoms with Crippen LogP contribution >= 0.6 is 11.8 Å². The molecule has 3 heterocycles. The Morgan fingerprint density at radius 3 is 2.42 bits per heavy atom. The Labute approximate surface area is 242 Å². The van der Waals surface area contributed by atoms with E-state index in [0.717, 1.165) is 12.8 Å². The van der Waals surface area contributed by atoms with Gasteiger partial charge in [0.2, 0.25) is 11.8 Å². The minimum atomic E-state index is -0.814. The number of rotatable bonds is 13. The number of carbonyl (C=O) groups is 3. The summed E-state index contributed by atoms with van der Waals surface area (Å²) in [5.41, 5.74) is 0.674. The van der Waals surface area contributed by atoms with Gasteiger partial charge in [0.25, 0.3) is 5.91 Å². The van der Waals surface area contributed by atoms with Gasteiger partial charge in [-0.2, -0.15) is 0 Å². The highest BCUT2D eigenvalue weighted by atomic mass is 32.2. The van der Waals surface area contributed by atoms with E-state index in [2.05, 4.69) is 20.1 Å². The molecule has 3 aliphatic rings. The Bertz CT molecular complexity index is 1120. The topological polar surface area (TPSA) is 90.4 Å². The summed E-state index contributed by atoms with van der Waals surface area (Å²) in [7, 11) is 1.59. The SMILES string of the molecule is C=CCN(CCC)C(=O)[C@@H]1[C@H]2C(=O)N([C@@H](CC)CO)C(C(=O)N(CC=C)c3ccc(OC)cc3)C23S[C@@H]1CC3C. The number of carbonyl (C=O) groups excluding carboxylic acids is 3. The number of benzene rings is 1. The summed E-state index contributed by atoms with van der Waals surface area (Å²) >= 11 is 1.66. The number of aliphatic hydroxyl groups excluding tert-OH is 1. The minimum absolute atomic E-state index is 0.0328. The largest absolute Gasteiger partial charge is 0.497 e. The van der Waals surface area contributed by atoms with Gasteiger partial charge in [0, 0.05) is 30.6 Å². The third kappa shape index (κ3) is 4.75. The Kier molecular flexibility index (Phi) is 9.35. The number of hydrogen-bond acceptors (Lipinski definition) is 6. The van der Waals surface area contributed by atoms with Gasteiger partial charge in [-0.3, -0.25) is 14.4 Å². The van der Waals surface area contributed by atoms with Crippen molar-refractivity contribution in [1.82, 2.24) is 9.80 Å². The first-order valence-electron chi connectivity index (χ1n) is 14.3. The van der Waals surface area contributed by atoms with E-state index in [1.165, 1.54) is 0 Å². The first-order chi connectivity index (χ1) is 19.2. The van der Waals surface area contributed by atoms with E-state index in [0.29, 0.717) is 30.9 Å². The second-order valence-corrected chi connectivity index (χ2v) is 12.6. The van der Waals surface area contributed by atoms with Crippen molar-refractivity contribution in [2.45, 2.75) is 62.1 Å². The molecule has 0 saturated carbocycles. The molecule has 0 radical (unpaired) electrons. The molecule has 40 heavy (non-hydrogen) atoms. The number of likely N-dealkylation sites (tertiary alicyclic amines) is 1. The van der Waals surface area contributed by atoms with Crippen molar-refractivity contribution >= 4 is 35.2 Å². The molecule has 3 unspecified atom stereocenters. The second kappa shape index (κ2) is 12.4. The van der Waals surface area contributed by atoms with Gasteiger partial charge in [-0.15, -0.1) is 24.9 Å². The molecule has 0 aromatic heterocycles. The molecule has 3 aliphatic heterocycles. The maximum Gasteiger partial charge on any atom is 0.251 e. The quantitative estimate of drug-likeness (QED) is 0.364. The van der Waals surface area contributed by atoms with Crippen LogP contribution in [0, 0.1) is 17.8 Å². The van der Waals surface area contributed by atoms with Crippen LogP contribution in [-0.2, 0) is 14.4 Å². The fourth-order valence-electron chi connectivity index (χ4n) is 7.12. The average molecular weight is 570 g/mol. The molecule has 1 aromatic carbocycles. The Morgan fingerprint density at radius 2 is 1.88 bits per heavy atom. The number of ether oxygens (including phenoxy) is 1. The standard InChI is InChI=1S/C31H43N3O5S/c1-7-15-32(16-8-2)28(36)25-24-18-20(5)31(40-24)26(25)29(37)34(21(10-4)19-35)27(31)30(38)33(17-9-3)22-11-13-23(39-6)14-12-22/h7,9,11-14,20-21,24-27,35H,1,3,8,10,15-19H2,2,4-6H3/t20?,21-,24+,25-,26-,27?,31?/m0/s1. The van der Waals surface area contributed by atoms with Crippen LogP contribution in [0.2, 0.25) is 0 Å². The third-order valence-corrected chi connectivity index (χ3v) is 11.0. The molecule has 7 atom stereocenters.